The third-order valence-electron chi connectivity index (χ3n) is 14.5. The Kier molecular flexibility index (Phi) is 7.87. The lowest BCUT2D eigenvalue weighted by atomic mass is 9.44. The molecular formula is C35H60N2O4+2. The molecule has 41 heavy (non-hydrogen) atoms. The number of carbonyl (C=O) groups excluding carboxylic acids is 2. The summed E-state index contributed by atoms with van der Waals surface area (Å²) in [6, 6.07) is 0.846. The lowest BCUT2D eigenvalue weighted by molar-refractivity contribution is -0.943. The van der Waals surface area contributed by atoms with Crippen molar-refractivity contribution in [1.29, 1.82) is 0 Å². The predicted octanol–water partition coefficient (Wildman–Crippen LogP) is 6.11. The van der Waals surface area contributed by atoms with Gasteiger partial charge in [-0.25, -0.2) is 0 Å². The molecule has 0 bridgehead atoms. The fourth-order valence-electron chi connectivity index (χ4n) is 12.3. The second kappa shape index (κ2) is 10.8. The highest BCUT2D eigenvalue weighted by atomic mass is 16.5. The predicted molar refractivity (Wildman–Crippen MR) is 161 cm³/mol. The first-order valence-electron chi connectivity index (χ1n) is 17.4. The van der Waals surface area contributed by atoms with E-state index < -0.39 is 0 Å². The van der Waals surface area contributed by atoms with Crippen molar-refractivity contribution in [2.75, 3.05) is 40.3 Å². The van der Waals surface area contributed by atoms with Crippen LogP contribution in [0.1, 0.15) is 111 Å². The molecule has 2 aliphatic heterocycles. The number of hydrogen-bond acceptors (Lipinski definition) is 4. The van der Waals surface area contributed by atoms with Gasteiger partial charge in [0.2, 0.25) is 0 Å². The van der Waals surface area contributed by atoms with Crippen LogP contribution in [0.25, 0.3) is 0 Å². The van der Waals surface area contributed by atoms with E-state index in [1.165, 1.54) is 103 Å². The smallest absolute Gasteiger partial charge is 0.303 e. The highest BCUT2D eigenvalue weighted by molar-refractivity contribution is 5.66. The van der Waals surface area contributed by atoms with E-state index in [4.69, 9.17) is 9.47 Å². The van der Waals surface area contributed by atoms with Gasteiger partial charge in [0.1, 0.15) is 12.1 Å². The molecule has 0 aromatic rings. The zero-order chi connectivity index (χ0) is 29.2. The maximum Gasteiger partial charge on any atom is 0.303 e. The van der Waals surface area contributed by atoms with Gasteiger partial charge in [-0.15, -0.1) is 0 Å². The lowest BCUT2D eigenvalue weighted by Crippen LogP contribution is -2.66. The number of ether oxygens (including phenoxy) is 2. The number of nitrogens with zero attached hydrogens (tertiary/aromatic N) is 2. The molecule has 10 atom stereocenters. The second-order valence-corrected chi connectivity index (χ2v) is 16.7. The zero-order valence-electron chi connectivity index (χ0n) is 27.2. The van der Waals surface area contributed by atoms with Crippen LogP contribution in [0.3, 0.4) is 0 Å². The van der Waals surface area contributed by atoms with E-state index in [1.54, 1.807) is 13.8 Å². The first-order chi connectivity index (χ1) is 19.4. The quantitative estimate of drug-likeness (QED) is 0.301. The van der Waals surface area contributed by atoms with Gasteiger partial charge in [0.05, 0.1) is 40.3 Å². The average Bonchev–Trinajstić information content (AvgIpc) is 3.21. The average molecular weight is 573 g/mol. The van der Waals surface area contributed by atoms with Crippen LogP contribution in [0.5, 0.6) is 0 Å². The fraction of sp³-hybridized carbons (Fsp3) is 0.943. The molecule has 4 aliphatic carbocycles. The van der Waals surface area contributed by atoms with Crippen molar-refractivity contribution in [2.24, 2.45) is 34.5 Å². The van der Waals surface area contributed by atoms with Crippen LogP contribution in [-0.2, 0) is 19.1 Å². The summed E-state index contributed by atoms with van der Waals surface area (Å²) in [6.07, 6.45) is 16.4. The maximum atomic E-state index is 12.5. The number of likely N-dealkylation sites (tertiary alicyclic amines) is 2. The summed E-state index contributed by atoms with van der Waals surface area (Å²) in [5.41, 5.74) is 0.377. The molecule has 6 fully saturated rings. The highest BCUT2D eigenvalue weighted by Crippen LogP contribution is 2.68. The minimum Gasteiger partial charge on any atom is -0.456 e. The second-order valence-electron chi connectivity index (χ2n) is 16.7. The van der Waals surface area contributed by atoms with Gasteiger partial charge in [-0.05, 0) is 99.7 Å². The van der Waals surface area contributed by atoms with Gasteiger partial charge >= 0.3 is 11.9 Å². The topological polar surface area (TPSA) is 52.6 Å². The van der Waals surface area contributed by atoms with Crippen LogP contribution in [0.4, 0.5) is 0 Å². The molecule has 6 nitrogen and oxygen atoms in total. The number of piperidine rings is 2. The number of carbonyl (C=O) groups is 2. The molecule has 4 saturated carbocycles. The maximum absolute atomic E-state index is 12.5. The number of esters is 2. The van der Waals surface area contributed by atoms with E-state index in [0.717, 1.165) is 21.3 Å². The minimum absolute atomic E-state index is 0.0462. The van der Waals surface area contributed by atoms with E-state index in [0.29, 0.717) is 35.3 Å². The lowest BCUT2D eigenvalue weighted by Gasteiger charge is -2.63. The Morgan fingerprint density at radius 1 is 0.683 bits per heavy atom. The Labute approximate surface area is 250 Å². The minimum atomic E-state index is -0.0998. The van der Waals surface area contributed by atoms with Crippen LogP contribution in [0.2, 0.25) is 0 Å². The Morgan fingerprint density at radius 2 is 1.27 bits per heavy atom. The Balaban J connectivity index is 1.31. The molecule has 0 unspecified atom stereocenters. The summed E-state index contributed by atoms with van der Waals surface area (Å²) < 4.78 is 14.7. The van der Waals surface area contributed by atoms with Crippen molar-refractivity contribution in [3.8, 4) is 0 Å². The summed E-state index contributed by atoms with van der Waals surface area (Å²) in [5.74, 6) is 2.52. The highest BCUT2D eigenvalue weighted by Gasteiger charge is 2.68. The Morgan fingerprint density at radius 3 is 1.85 bits per heavy atom. The summed E-state index contributed by atoms with van der Waals surface area (Å²) in [7, 11) is 4.94. The van der Waals surface area contributed by atoms with E-state index in [2.05, 4.69) is 27.9 Å². The van der Waals surface area contributed by atoms with Crippen molar-refractivity contribution >= 4 is 11.9 Å². The zero-order valence-corrected chi connectivity index (χ0v) is 27.2. The van der Waals surface area contributed by atoms with Crippen molar-refractivity contribution in [2.45, 2.75) is 135 Å². The molecule has 2 heterocycles. The van der Waals surface area contributed by atoms with Crippen LogP contribution in [0, 0.1) is 34.5 Å². The van der Waals surface area contributed by atoms with Crippen molar-refractivity contribution in [1.82, 2.24) is 0 Å². The van der Waals surface area contributed by atoms with E-state index in [1.807, 2.05) is 0 Å². The Hall–Kier alpha value is -1.14. The molecular weight excluding hydrogens is 512 g/mol. The van der Waals surface area contributed by atoms with Gasteiger partial charge < -0.3 is 18.4 Å². The summed E-state index contributed by atoms with van der Waals surface area (Å²) in [6.45, 7) is 13.3. The SMILES string of the molecule is CC(=O)O[C@H]1C[C@@H]2CC[C@H]3[C@@H](CC[C@@]4(C)[C@H]3C[C@H]([N+]3(C)CCCCC3)[C@@H]4OC(C)=O)[C@@]2(C)C[C@@H]1[N+]1(C)CCCCC1. The van der Waals surface area contributed by atoms with Crippen LogP contribution in [-0.4, -0.2) is 85.5 Å². The molecule has 2 saturated heterocycles. The van der Waals surface area contributed by atoms with Gasteiger partial charge in [-0.3, -0.25) is 9.59 Å². The van der Waals surface area contributed by atoms with Gasteiger partial charge in [0, 0.05) is 32.1 Å². The largest absolute Gasteiger partial charge is 0.456 e. The summed E-state index contributed by atoms with van der Waals surface area (Å²) in [4.78, 5) is 24.8. The molecule has 232 valence electrons. The fourth-order valence-corrected chi connectivity index (χ4v) is 12.3. The number of likely N-dealkylation sites (N-methyl/N-ethyl adjacent to an activating group) is 2. The number of hydrogen-bond donors (Lipinski definition) is 0. The molecule has 0 radical (unpaired) electrons. The van der Waals surface area contributed by atoms with Crippen LogP contribution < -0.4 is 0 Å². The third-order valence-corrected chi connectivity index (χ3v) is 14.5. The van der Waals surface area contributed by atoms with Crippen LogP contribution >= 0.6 is 0 Å². The van der Waals surface area contributed by atoms with E-state index >= 15 is 0 Å². The summed E-state index contributed by atoms with van der Waals surface area (Å²) in [5, 5.41) is 0. The normalized spacial score (nSPS) is 46.9. The number of rotatable bonds is 4. The number of quaternary nitrogens is 2. The summed E-state index contributed by atoms with van der Waals surface area (Å²) >= 11 is 0. The molecule has 0 spiro atoms. The Bertz CT molecular complexity index is 1000. The first kappa shape index (κ1) is 29.9. The van der Waals surface area contributed by atoms with Crippen LogP contribution in [0.15, 0.2) is 0 Å². The van der Waals surface area contributed by atoms with Gasteiger partial charge in [-0.2, -0.15) is 0 Å². The molecule has 6 aliphatic rings. The molecule has 0 aromatic heterocycles. The molecule has 6 rings (SSSR count). The molecule has 0 aromatic carbocycles. The molecule has 0 amide bonds. The van der Waals surface area contributed by atoms with Gasteiger partial charge in [-0.1, -0.05) is 13.8 Å². The molecule has 0 N–H and O–H groups in total. The monoisotopic (exact) mass is 572 g/mol. The van der Waals surface area contributed by atoms with Crippen molar-refractivity contribution in [3.63, 3.8) is 0 Å². The third kappa shape index (κ3) is 4.99. The van der Waals surface area contributed by atoms with Gasteiger partial charge in [0.25, 0.3) is 0 Å². The van der Waals surface area contributed by atoms with Crippen molar-refractivity contribution in [3.05, 3.63) is 0 Å². The van der Waals surface area contributed by atoms with Gasteiger partial charge in [0.15, 0.2) is 12.2 Å². The first-order valence-corrected chi connectivity index (χ1v) is 17.4. The number of fused-ring (bicyclic) bond motifs is 5. The standard InChI is InChI=1S/C35H60N2O4/c1-24(38)40-32-21-26-13-14-27-28(35(26,4)23-31(32)37(6)19-11-8-12-20-37)15-16-34(3)29(27)22-30(33(34)41-25(2)39)36(5)17-9-7-10-18-36/h26-33H,7-23H2,1-6H3/q+2/t26-,27-,28+,29-,30-,31-,32-,33-,34-,35-/m0/s1. The van der Waals surface area contributed by atoms with E-state index in [9.17, 15) is 9.59 Å². The van der Waals surface area contributed by atoms with E-state index in [-0.39, 0.29) is 29.6 Å². The molecule has 6 heteroatoms. The van der Waals surface area contributed by atoms with Crippen molar-refractivity contribution < 1.29 is 28.0 Å².